The van der Waals surface area contributed by atoms with E-state index in [-0.39, 0.29) is 5.92 Å². The SMILES string of the molecule is CCC(C#N)CNCC(C)(C)C(C)C. The minimum Gasteiger partial charge on any atom is -0.315 e. The Hall–Kier alpha value is -0.550. The molecule has 0 amide bonds. The number of nitrogens with zero attached hydrogens (tertiary/aromatic N) is 1. The summed E-state index contributed by atoms with van der Waals surface area (Å²) in [6, 6.07) is 2.30. The van der Waals surface area contributed by atoms with Crippen LogP contribution in [0.25, 0.3) is 0 Å². The highest BCUT2D eigenvalue weighted by molar-refractivity contribution is 4.84. The largest absolute Gasteiger partial charge is 0.315 e. The first-order chi connectivity index (χ1) is 6.44. The molecule has 82 valence electrons. The van der Waals surface area contributed by atoms with Crippen LogP contribution < -0.4 is 5.32 Å². The van der Waals surface area contributed by atoms with Gasteiger partial charge in [0, 0.05) is 13.1 Å². The molecule has 0 saturated carbocycles. The molecular formula is C12H24N2. The second-order valence-electron chi connectivity index (χ2n) is 5.01. The second kappa shape index (κ2) is 6.03. The van der Waals surface area contributed by atoms with Crippen molar-refractivity contribution in [2.24, 2.45) is 17.3 Å². The van der Waals surface area contributed by atoms with E-state index < -0.39 is 0 Å². The maximum Gasteiger partial charge on any atom is 0.0669 e. The van der Waals surface area contributed by atoms with Crippen molar-refractivity contribution in [1.29, 1.82) is 5.26 Å². The smallest absolute Gasteiger partial charge is 0.0669 e. The van der Waals surface area contributed by atoms with Crippen LogP contribution in [-0.4, -0.2) is 13.1 Å². The summed E-state index contributed by atoms with van der Waals surface area (Å²) in [5, 5.41) is 12.2. The zero-order chi connectivity index (χ0) is 11.2. The fraction of sp³-hybridized carbons (Fsp3) is 0.917. The Morgan fingerprint density at radius 1 is 1.36 bits per heavy atom. The highest BCUT2D eigenvalue weighted by Gasteiger charge is 2.21. The Morgan fingerprint density at radius 2 is 1.93 bits per heavy atom. The van der Waals surface area contributed by atoms with E-state index in [9.17, 15) is 0 Å². The number of rotatable bonds is 6. The van der Waals surface area contributed by atoms with Gasteiger partial charge < -0.3 is 5.32 Å². The molecule has 0 aliphatic carbocycles. The molecule has 0 radical (unpaired) electrons. The molecule has 0 aromatic rings. The third kappa shape index (κ3) is 4.62. The molecule has 0 saturated heterocycles. The molecule has 0 aromatic heterocycles. The van der Waals surface area contributed by atoms with Gasteiger partial charge in [0.15, 0.2) is 0 Å². The molecule has 0 spiro atoms. The van der Waals surface area contributed by atoms with E-state index in [0.29, 0.717) is 11.3 Å². The van der Waals surface area contributed by atoms with Gasteiger partial charge in [-0.15, -0.1) is 0 Å². The zero-order valence-corrected chi connectivity index (χ0v) is 10.2. The Kier molecular flexibility index (Phi) is 5.79. The maximum absolute atomic E-state index is 8.77. The standard InChI is InChI=1S/C12H24N2/c1-6-11(7-13)8-14-9-12(4,5)10(2)3/h10-11,14H,6,8-9H2,1-5H3. The molecule has 0 rings (SSSR count). The highest BCUT2D eigenvalue weighted by atomic mass is 14.9. The van der Waals surface area contributed by atoms with Gasteiger partial charge in [-0.05, 0) is 17.8 Å². The number of hydrogen-bond acceptors (Lipinski definition) is 2. The minimum atomic E-state index is 0.165. The normalized spacial score (nSPS) is 14.1. The van der Waals surface area contributed by atoms with Crippen LogP contribution >= 0.6 is 0 Å². The lowest BCUT2D eigenvalue weighted by Gasteiger charge is -2.29. The van der Waals surface area contributed by atoms with E-state index in [1.165, 1.54) is 0 Å². The lowest BCUT2D eigenvalue weighted by Crippen LogP contribution is -2.35. The molecule has 0 aliphatic rings. The van der Waals surface area contributed by atoms with Crippen molar-refractivity contribution in [2.45, 2.75) is 41.0 Å². The van der Waals surface area contributed by atoms with Gasteiger partial charge in [0.25, 0.3) is 0 Å². The molecule has 2 heteroatoms. The molecule has 1 unspecified atom stereocenters. The van der Waals surface area contributed by atoms with Crippen LogP contribution in [-0.2, 0) is 0 Å². The molecular weight excluding hydrogens is 172 g/mol. The van der Waals surface area contributed by atoms with Crippen molar-refractivity contribution < 1.29 is 0 Å². The van der Waals surface area contributed by atoms with Crippen molar-refractivity contribution in [2.75, 3.05) is 13.1 Å². The summed E-state index contributed by atoms with van der Waals surface area (Å²) in [4.78, 5) is 0. The third-order valence-electron chi connectivity index (χ3n) is 3.21. The molecule has 1 atom stereocenters. The van der Waals surface area contributed by atoms with Crippen LogP contribution in [0.1, 0.15) is 41.0 Å². The minimum absolute atomic E-state index is 0.165. The first kappa shape index (κ1) is 13.4. The lowest BCUT2D eigenvalue weighted by molar-refractivity contribution is 0.236. The fourth-order valence-corrected chi connectivity index (χ4v) is 1.05. The lowest BCUT2D eigenvalue weighted by atomic mass is 9.81. The van der Waals surface area contributed by atoms with Gasteiger partial charge in [-0.3, -0.25) is 0 Å². The molecule has 1 N–H and O–H groups in total. The van der Waals surface area contributed by atoms with Crippen LogP contribution in [0.2, 0.25) is 0 Å². The van der Waals surface area contributed by atoms with Crippen LogP contribution in [0, 0.1) is 28.6 Å². The predicted molar refractivity (Wildman–Crippen MR) is 60.9 cm³/mol. The van der Waals surface area contributed by atoms with Crippen molar-refractivity contribution in [1.82, 2.24) is 5.32 Å². The summed E-state index contributed by atoms with van der Waals surface area (Å²) in [6.07, 6.45) is 0.936. The van der Waals surface area contributed by atoms with E-state index in [0.717, 1.165) is 19.5 Å². The third-order valence-corrected chi connectivity index (χ3v) is 3.21. The number of nitrogens with one attached hydrogen (secondary N) is 1. The van der Waals surface area contributed by atoms with Crippen molar-refractivity contribution in [3.63, 3.8) is 0 Å². The van der Waals surface area contributed by atoms with Crippen molar-refractivity contribution >= 4 is 0 Å². The van der Waals surface area contributed by atoms with Gasteiger partial charge >= 0.3 is 0 Å². The van der Waals surface area contributed by atoms with E-state index in [1.807, 2.05) is 0 Å². The fourth-order valence-electron chi connectivity index (χ4n) is 1.05. The summed E-state index contributed by atoms with van der Waals surface area (Å²) in [7, 11) is 0. The van der Waals surface area contributed by atoms with Crippen LogP contribution in [0.4, 0.5) is 0 Å². The predicted octanol–water partition coefficient (Wildman–Crippen LogP) is 2.81. The summed E-state index contributed by atoms with van der Waals surface area (Å²) >= 11 is 0. The molecule has 14 heavy (non-hydrogen) atoms. The van der Waals surface area contributed by atoms with Gasteiger partial charge in [-0.1, -0.05) is 34.6 Å². The van der Waals surface area contributed by atoms with Crippen LogP contribution in [0.15, 0.2) is 0 Å². The quantitative estimate of drug-likeness (QED) is 0.709. The Balaban J connectivity index is 3.79. The van der Waals surface area contributed by atoms with E-state index in [2.05, 4.69) is 46.0 Å². The molecule has 0 aromatic carbocycles. The van der Waals surface area contributed by atoms with Crippen molar-refractivity contribution in [3.05, 3.63) is 0 Å². The van der Waals surface area contributed by atoms with Gasteiger partial charge in [0.05, 0.1) is 12.0 Å². The van der Waals surface area contributed by atoms with Gasteiger partial charge in [0.2, 0.25) is 0 Å². The maximum atomic E-state index is 8.77. The Morgan fingerprint density at radius 3 is 2.29 bits per heavy atom. The Labute approximate surface area is 88.7 Å². The second-order valence-corrected chi connectivity index (χ2v) is 5.01. The van der Waals surface area contributed by atoms with E-state index in [4.69, 9.17) is 5.26 Å². The molecule has 0 heterocycles. The van der Waals surface area contributed by atoms with Crippen LogP contribution in [0.3, 0.4) is 0 Å². The zero-order valence-electron chi connectivity index (χ0n) is 10.2. The van der Waals surface area contributed by atoms with Crippen molar-refractivity contribution in [3.8, 4) is 6.07 Å². The monoisotopic (exact) mass is 196 g/mol. The molecule has 0 fully saturated rings. The van der Waals surface area contributed by atoms with E-state index in [1.54, 1.807) is 0 Å². The van der Waals surface area contributed by atoms with Gasteiger partial charge in [-0.2, -0.15) is 5.26 Å². The van der Waals surface area contributed by atoms with Gasteiger partial charge in [-0.25, -0.2) is 0 Å². The first-order valence-electron chi connectivity index (χ1n) is 5.54. The highest BCUT2D eigenvalue weighted by Crippen LogP contribution is 2.24. The topological polar surface area (TPSA) is 35.8 Å². The molecule has 0 bridgehead atoms. The average Bonchev–Trinajstić information content (AvgIpc) is 2.12. The molecule has 0 aliphatic heterocycles. The summed E-state index contributed by atoms with van der Waals surface area (Å²) in [6.45, 7) is 12.9. The molecule has 2 nitrogen and oxygen atoms in total. The van der Waals surface area contributed by atoms with E-state index >= 15 is 0 Å². The Bertz CT molecular complexity index is 189. The summed E-state index contributed by atoms with van der Waals surface area (Å²) < 4.78 is 0. The summed E-state index contributed by atoms with van der Waals surface area (Å²) in [5.74, 6) is 0.829. The van der Waals surface area contributed by atoms with Gasteiger partial charge in [0.1, 0.15) is 0 Å². The van der Waals surface area contributed by atoms with Crippen LogP contribution in [0.5, 0.6) is 0 Å². The number of hydrogen-bond donors (Lipinski definition) is 1. The first-order valence-corrected chi connectivity index (χ1v) is 5.54. The average molecular weight is 196 g/mol. The summed E-state index contributed by atoms with van der Waals surface area (Å²) in [5.41, 5.74) is 0.313. The number of nitriles is 1.